The Morgan fingerprint density at radius 2 is 1.74 bits per heavy atom. The van der Waals surface area contributed by atoms with Crippen molar-refractivity contribution in [2.75, 3.05) is 38.1 Å². The van der Waals surface area contributed by atoms with E-state index < -0.39 is 9.84 Å². The van der Waals surface area contributed by atoms with Crippen LogP contribution in [0.4, 0.5) is 23.1 Å². The Kier molecular flexibility index (Phi) is 6.91. The van der Waals surface area contributed by atoms with Crippen molar-refractivity contribution in [2.45, 2.75) is 29.6 Å². The van der Waals surface area contributed by atoms with Gasteiger partial charge in [0, 0.05) is 43.5 Å². The van der Waals surface area contributed by atoms with Crippen molar-refractivity contribution in [2.24, 2.45) is 0 Å². The third kappa shape index (κ3) is 5.54. The minimum Gasteiger partial charge on any atom is -0.490 e. The topological polar surface area (TPSA) is 119 Å². The molecular weight excluding hydrogens is 504 g/mol. The molecule has 0 saturated heterocycles. The van der Waals surface area contributed by atoms with E-state index in [0.717, 1.165) is 24.3 Å². The van der Waals surface area contributed by atoms with Gasteiger partial charge in [-0.1, -0.05) is 0 Å². The highest BCUT2D eigenvalue weighted by Crippen LogP contribution is 2.39. The van der Waals surface area contributed by atoms with Crippen molar-refractivity contribution in [1.82, 2.24) is 19.9 Å². The molecule has 0 aliphatic heterocycles. The smallest absolute Gasteiger partial charge is 0.229 e. The van der Waals surface area contributed by atoms with Crippen LogP contribution in [0.3, 0.4) is 0 Å². The number of nitrogens with one attached hydrogen (secondary N) is 2. The second-order valence-corrected chi connectivity index (χ2v) is 11.6. The Morgan fingerprint density at radius 1 is 0.974 bits per heavy atom. The van der Waals surface area contributed by atoms with Crippen LogP contribution in [0.5, 0.6) is 5.75 Å². The fourth-order valence-electron chi connectivity index (χ4n) is 4.43. The first-order valence-corrected chi connectivity index (χ1v) is 14.0. The number of ether oxygens (including phenoxy) is 2. The first-order chi connectivity index (χ1) is 18.1. The van der Waals surface area contributed by atoms with Gasteiger partial charge < -0.3 is 20.1 Å². The number of anilines is 4. The van der Waals surface area contributed by atoms with E-state index in [1.807, 2.05) is 44.4 Å². The largest absolute Gasteiger partial charge is 0.490 e. The Bertz CT molecular complexity index is 1550. The van der Waals surface area contributed by atoms with Crippen LogP contribution in [0.2, 0.25) is 0 Å². The molecule has 0 spiro atoms. The lowest BCUT2D eigenvalue weighted by Gasteiger charge is -2.50. The summed E-state index contributed by atoms with van der Waals surface area (Å²) in [7, 11) is 2.46. The maximum absolute atomic E-state index is 11.9. The van der Waals surface area contributed by atoms with Crippen molar-refractivity contribution < 1.29 is 17.9 Å². The third-order valence-corrected chi connectivity index (χ3v) is 7.82. The van der Waals surface area contributed by atoms with Gasteiger partial charge in [-0.3, -0.25) is 9.88 Å². The number of rotatable bonds is 9. The highest BCUT2D eigenvalue weighted by Gasteiger charge is 2.48. The molecule has 0 unspecified atom stereocenters. The van der Waals surface area contributed by atoms with Gasteiger partial charge in [-0.15, -0.1) is 0 Å². The second-order valence-electron chi connectivity index (χ2n) is 9.58. The molecule has 1 aliphatic carbocycles. The molecule has 2 aromatic heterocycles. The minimum absolute atomic E-state index is 0.116. The molecule has 2 N–H and O–H groups in total. The summed E-state index contributed by atoms with van der Waals surface area (Å²) in [4.78, 5) is 15.6. The van der Waals surface area contributed by atoms with E-state index in [1.54, 1.807) is 43.8 Å². The highest BCUT2D eigenvalue weighted by molar-refractivity contribution is 7.90. The fraction of sp³-hybridized carbons (Fsp3) is 0.296. The molecule has 2 heterocycles. The van der Waals surface area contributed by atoms with Gasteiger partial charge in [-0.25, -0.2) is 13.4 Å². The molecule has 10 nitrogen and oxygen atoms in total. The van der Waals surface area contributed by atoms with E-state index in [0.29, 0.717) is 28.4 Å². The van der Waals surface area contributed by atoms with Gasteiger partial charge in [-0.2, -0.15) is 4.98 Å². The van der Waals surface area contributed by atoms with Crippen molar-refractivity contribution in [3.05, 3.63) is 67.0 Å². The van der Waals surface area contributed by atoms with Crippen LogP contribution in [0.15, 0.2) is 71.9 Å². The van der Waals surface area contributed by atoms with Crippen LogP contribution in [-0.4, -0.2) is 67.6 Å². The van der Waals surface area contributed by atoms with E-state index in [-0.39, 0.29) is 16.7 Å². The summed E-state index contributed by atoms with van der Waals surface area (Å²) in [6, 6.07) is 16.1. The summed E-state index contributed by atoms with van der Waals surface area (Å²) >= 11 is 0. The average molecular weight is 535 g/mol. The molecule has 1 fully saturated rings. The Morgan fingerprint density at radius 3 is 2.42 bits per heavy atom. The molecule has 1 aliphatic rings. The molecule has 38 heavy (non-hydrogen) atoms. The Labute approximate surface area is 222 Å². The standard InChI is InChI=1S/C27H30N6O4S/c1-33(2)27(36-3)15-22(16-27)37-21-7-5-19(6-8-21)31-26-28-12-11-25(32-26)30-20-13-18-14-23(38(4,34)35)9-10-24(18)29-17-20/h5-14,17,22H,15-16H2,1-4H3,(H2,28,30,31,32). The molecule has 5 rings (SSSR count). The van der Waals surface area contributed by atoms with Crippen molar-refractivity contribution in [3.63, 3.8) is 0 Å². The predicted molar refractivity (Wildman–Crippen MR) is 147 cm³/mol. The van der Waals surface area contributed by atoms with Crippen LogP contribution in [-0.2, 0) is 14.6 Å². The summed E-state index contributed by atoms with van der Waals surface area (Å²) in [5.74, 6) is 1.78. The summed E-state index contributed by atoms with van der Waals surface area (Å²) in [6.45, 7) is 0. The van der Waals surface area contributed by atoms with E-state index in [4.69, 9.17) is 9.47 Å². The SMILES string of the molecule is COC1(N(C)C)CC(Oc2ccc(Nc3nccc(Nc4cnc5ccc(S(C)(=O)=O)cc5c4)n3)cc2)C1. The van der Waals surface area contributed by atoms with Crippen molar-refractivity contribution in [1.29, 1.82) is 0 Å². The van der Waals surface area contributed by atoms with Gasteiger partial charge >= 0.3 is 0 Å². The zero-order valence-electron chi connectivity index (χ0n) is 21.7. The van der Waals surface area contributed by atoms with Gasteiger partial charge in [0.15, 0.2) is 9.84 Å². The van der Waals surface area contributed by atoms with E-state index in [2.05, 4.69) is 30.5 Å². The number of aromatic nitrogens is 3. The first-order valence-electron chi connectivity index (χ1n) is 12.1. The van der Waals surface area contributed by atoms with Crippen molar-refractivity contribution >= 4 is 43.9 Å². The molecule has 0 amide bonds. The number of pyridine rings is 1. The molecule has 4 aromatic rings. The number of sulfone groups is 1. The number of benzene rings is 2. The molecular formula is C27H30N6O4S. The number of methoxy groups -OCH3 is 1. The number of hydrogen-bond donors (Lipinski definition) is 2. The van der Waals surface area contributed by atoms with Crippen LogP contribution in [0.25, 0.3) is 10.9 Å². The quantitative estimate of drug-likeness (QED) is 0.300. The maximum atomic E-state index is 11.9. The highest BCUT2D eigenvalue weighted by atomic mass is 32.2. The van der Waals surface area contributed by atoms with Crippen LogP contribution < -0.4 is 15.4 Å². The first kappa shape index (κ1) is 25.8. The number of nitrogens with zero attached hydrogens (tertiary/aromatic N) is 4. The summed E-state index contributed by atoms with van der Waals surface area (Å²) in [5.41, 5.74) is 1.96. The molecule has 1 saturated carbocycles. The van der Waals surface area contributed by atoms with Gasteiger partial charge in [-0.05, 0) is 68.7 Å². The minimum atomic E-state index is -3.31. The molecule has 0 bridgehead atoms. The monoisotopic (exact) mass is 534 g/mol. The summed E-state index contributed by atoms with van der Waals surface area (Å²) in [5, 5.41) is 7.12. The van der Waals surface area contributed by atoms with Crippen molar-refractivity contribution in [3.8, 4) is 5.75 Å². The molecule has 11 heteroatoms. The number of fused-ring (bicyclic) bond motifs is 1. The van der Waals surface area contributed by atoms with E-state index in [9.17, 15) is 8.42 Å². The zero-order valence-corrected chi connectivity index (χ0v) is 22.5. The molecule has 0 atom stereocenters. The lowest BCUT2D eigenvalue weighted by Crippen LogP contribution is -2.59. The van der Waals surface area contributed by atoms with Crippen LogP contribution in [0, 0.1) is 0 Å². The van der Waals surface area contributed by atoms with E-state index >= 15 is 0 Å². The van der Waals surface area contributed by atoms with E-state index in [1.165, 1.54) is 6.26 Å². The second kappa shape index (κ2) is 10.2. The van der Waals surface area contributed by atoms with Crippen LogP contribution in [0.1, 0.15) is 12.8 Å². The molecule has 198 valence electrons. The van der Waals surface area contributed by atoms with Gasteiger partial charge in [0.1, 0.15) is 23.4 Å². The molecule has 0 radical (unpaired) electrons. The van der Waals surface area contributed by atoms with Gasteiger partial charge in [0.05, 0.1) is 22.3 Å². The summed E-state index contributed by atoms with van der Waals surface area (Å²) in [6.07, 6.45) is 6.25. The van der Waals surface area contributed by atoms with Gasteiger partial charge in [0.2, 0.25) is 5.95 Å². The summed E-state index contributed by atoms with van der Waals surface area (Å²) < 4.78 is 35.6. The fourth-order valence-corrected chi connectivity index (χ4v) is 5.09. The predicted octanol–water partition coefficient (Wildman–Crippen LogP) is 4.36. The third-order valence-electron chi connectivity index (χ3n) is 6.71. The Balaban J connectivity index is 1.23. The molecule has 2 aromatic carbocycles. The average Bonchev–Trinajstić information content (AvgIpc) is 2.86. The maximum Gasteiger partial charge on any atom is 0.229 e. The lowest BCUT2D eigenvalue weighted by atomic mass is 9.83. The zero-order chi connectivity index (χ0) is 26.9. The number of hydrogen-bond acceptors (Lipinski definition) is 10. The van der Waals surface area contributed by atoms with Gasteiger partial charge in [0.25, 0.3) is 0 Å². The Hall–Kier alpha value is -3.80. The lowest BCUT2D eigenvalue weighted by molar-refractivity contribution is -0.204. The van der Waals surface area contributed by atoms with Crippen LogP contribution >= 0.6 is 0 Å². The normalized spacial score (nSPS) is 19.2.